The molecule has 2 aromatic carbocycles. The first kappa shape index (κ1) is 14.8. The minimum absolute atomic E-state index is 0.00940. The Morgan fingerprint density at radius 2 is 1.83 bits per heavy atom. The van der Waals surface area contributed by atoms with E-state index in [1.54, 1.807) is 30.3 Å². The molecule has 3 rings (SSSR count). The van der Waals surface area contributed by atoms with Gasteiger partial charge in [0.1, 0.15) is 12.1 Å². The summed E-state index contributed by atoms with van der Waals surface area (Å²) in [7, 11) is 2.82. The van der Waals surface area contributed by atoms with Crippen LogP contribution in [-0.2, 0) is 0 Å². The summed E-state index contributed by atoms with van der Waals surface area (Å²) < 4.78 is 25.0. The number of anilines is 3. The van der Waals surface area contributed by atoms with Crippen LogP contribution in [-0.4, -0.2) is 24.2 Å². The van der Waals surface area contributed by atoms with E-state index in [-0.39, 0.29) is 16.9 Å². The van der Waals surface area contributed by atoms with Crippen LogP contribution in [0.4, 0.5) is 21.6 Å². The second-order valence-electron chi connectivity index (χ2n) is 4.79. The van der Waals surface area contributed by atoms with Gasteiger partial charge in [0.15, 0.2) is 17.3 Å². The molecule has 23 heavy (non-hydrogen) atoms. The molecule has 0 unspecified atom stereocenters. The van der Waals surface area contributed by atoms with E-state index in [1.807, 2.05) is 0 Å². The maximum absolute atomic E-state index is 14.8. The van der Waals surface area contributed by atoms with Gasteiger partial charge in [-0.3, -0.25) is 0 Å². The lowest BCUT2D eigenvalue weighted by atomic mass is 10.2. The number of nitrogens with two attached hydrogens (primary N) is 1. The molecular weight excluding hydrogens is 299 g/mol. The molecule has 1 aromatic heterocycles. The van der Waals surface area contributed by atoms with Crippen LogP contribution in [0.1, 0.15) is 0 Å². The van der Waals surface area contributed by atoms with E-state index in [1.165, 1.54) is 20.5 Å². The molecule has 3 aromatic rings. The molecule has 7 heteroatoms. The monoisotopic (exact) mass is 314 g/mol. The summed E-state index contributed by atoms with van der Waals surface area (Å²) in [6, 6.07) is 8.65. The molecule has 0 fully saturated rings. The number of benzene rings is 2. The van der Waals surface area contributed by atoms with Gasteiger partial charge < -0.3 is 20.5 Å². The number of hydrogen-bond acceptors (Lipinski definition) is 6. The van der Waals surface area contributed by atoms with E-state index >= 15 is 0 Å². The lowest BCUT2D eigenvalue weighted by Crippen LogP contribution is -2.01. The molecule has 0 bridgehead atoms. The van der Waals surface area contributed by atoms with Gasteiger partial charge in [-0.05, 0) is 24.3 Å². The van der Waals surface area contributed by atoms with E-state index in [9.17, 15) is 4.39 Å². The average molecular weight is 314 g/mol. The predicted octanol–water partition coefficient (Wildman–Crippen LogP) is 3.11. The lowest BCUT2D eigenvalue weighted by Gasteiger charge is -2.13. The maximum Gasteiger partial charge on any atom is 0.197 e. The molecule has 0 saturated heterocycles. The van der Waals surface area contributed by atoms with Gasteiger partial charge in [-0.25, -0.2) is 14.4 Å². The summed E-state index contributed by atoms with van der Waals surface area (Å²) in [5.41, 5.74) is 7.44. The van der Waals surface area contributed by atoms with E-state index in [0.29, 0.717) is 17.0 Å². The number of ether oxygens (including phenoxy) is 2. The smallest absolute Gasteiger partial charge is 0.197 e. The Morgan fingerprint density at radius 1 is 1.09 bits per heavy atom. The van der Waals surface area contributed by atoms with Crippen molar-refractivity contribution >= 4 is 28.1 Å². The van der Waals surface area contributed by atoms with Gasteiger partial charge in [-0.1, -0.05) is 0 Å². The Kier molecular flexibility index (Phi) is 3.84. The van der Waals surface area contributed by atoms with Crippen molar-refractivity contribution in [2.24, 2.45) is 0 Å². The highest BCUT2D eigenvalue weighted by Crippen LogP contribution is 2.38. The minimum Gasteiger partial charge on any atom is -0.493 e. The van der Waals surface area contributed by atoms with Gasteiger partial charge in [0, 0.05) is 17.4 Å². The van der Waals surface area contributed by atoms with E-state index in [0.717, 1.165) is 5.69 Å². The minimum atomic E-state index is -0.583. The normalized spacial score (nSPS) is 10.6. The molecule has 6 nitrogen and oxygen atoms in total. The molecule has 3 N–H and O–H groups in total. The molecule has 0 aliphatic heterocycles. The van der Waals surface area contributed by atoms with Crippen LogP contribution in [0.3, 0.4) is 0 Å². The third kappa shape index (κ3) is 2.68. The topological polar surface area (TPSA) is 82.3 Å². The van der Waals surface area contributed by atoms with Gasteiger partial charge in [0.2, 0.25) is 0 Å². The number of methoxy groups -OCH3 is 2. The zero-order valence-corrected chi connectivity index (χ0v) is 12.6. The van der Waals surface area contributed by atoms with E-state index in [2.05, 4.69) is 15.3 Å². The van der Waals surface area contributed by atoms with Crippen molar-refractivity contribution in [2.45, 2.75) is 0 Å². The van der Waals surface area contributed by atoms with Crippen LogP contribution in [0, 0.1) is 5.82 Å². The third-order valence-corrected chi connectivity index (χ3v) is 3.38. The Hall–Kier alpha value is -3.09. The molecule has 0 aliphatic rings. The summed E-state index contributed by atoms with van der Waals surface area (Å²) in [6.07, 6.45) is 1.35. The highest BCUT2D eigenvalue weighted by molar-refractivity contribution is 5.93. The number of nitrogens with zero attached hydrogens (tertiary/aromatic N) is 2. The Bertz CT molecular complexity index is 853. The summed E-state index contributed by atoms with van der Waals surface area (Å²) in [5.74, 6) is 0.0309. The van der Waals surface area contributed by atoms with Gasteiger partial charge in [0.25, 0.3) is 0 Å². The number of fused-ring (bicyclic) bond motifs is 1. The van der Waals surface area contributed by atoms with Crippen LogP contribution in [0.15, 0.2) is 36.7 Å². The Balaban J connectivity index is 2.15. The first-order valence-corrected chi connectivity index (χ1v) is 6.81. The van der Waals surface area contributed by atoms with Gasteiger partial charge in [0.05, 0.1) is 25.1 Å². The third-order valence-electron chi connectivity index (χ3n) is 3.38. The number of hydrogen-bond donors (Lipinski definition) is 2. The zero-order valence-electron chi connectivity index (χ0n) is 12.6. The van der Waals surface area contributed by atoms with Gasteiger partial charge in [-0.2, -0.15) is 0 Å². The fourth-order valence-corrected chi connectivity index (χ4v) is 2.28. The van der Waals surface area contributed by atoms with Crippen molar-refractivity contribution in [3.63, 3.8) is 0 Å². The molecular formula is C16H15FN4O2. The van der Waals surface area contributed by atoms with E-state index in [4.69, 9.17) is 15.2 Å². The number of nitrogen functional groups attached to an aromatic ring is 1. The Labute approximate surface area is 132 Å². The summed E-state index contributed by atoms with van der Waals surface area (Å²) in [6.45, 7) is 0. The highest BCUT2D eigenvalue weighted by atomic mass is 19.1. The number of aromatic nitrogens is 2. The van der Waals surface area contributed by atoms with Crippen LogP contribution >= 0.6 is 0 Å². The molecule has 0 amide bonds. The molecule has 0 saturated carbocycles. The highest BCUT2D eigenvalue weighted by Gasteiger charge is 2.19. The van der Waals surface area contributed by atoms with Crippen molar-refractivity contribution in [1.82, 2.24) is 9.97 Å². The van der Waals surface area contributed by atoms with Crippen LogP contribution in [0.5, 0.6) is 11.5 Å². The first-order valence-electron chi connectivity index (χ1n) is 6.81. The molecule has 0 atom stereocenters. The number of halogens is 1. The molecule has 118 valence electrons. The fourth-order valence-electron chi connectivity index (χ4n) is 2.28. The number of nitrogens with one attached hydrogen (secondary N) is 1. The number of rotatable bonds is 4. The van der Waals surface area contributed by atoms with Crippen molar-refractivity contribution in [3.8, 4) is 11.5 Å². The second-order valence-corrected chi connectivity index (χ2v) is 4.79. The van der Waals surface area contributed by atoms with Crippen LogP contribution < -0.4 is 20.5 Å². The van der Waals surface area contributed by atoms with Crippen LogP contribution in [0.2, 0.25) is 0 Å². The van der Waals surface area contributed by atoms with Crippen molar-refractivity contribution < 1.29 is 13.9 Å². The van der Waals surface area contributed by atoms with Gasteiger partial charge >= 0.3 is 0 Å². The maximum atomic E-state index is 14.8. The van der Waals surface area contributed by atoms with Crippen LogP contribution in [0.25, 0.3) is 10.9 Å². The molecule has 0 spiro atoms. The van der Waals surface area contributed by atoms with Crippen molar-refractivity contribution in [2.75, 3.05) is 25.3 Å². The fraction of sp³-hybridized carbons (Fsp3) is 0.125. The first-order chi connectivity index (χ1) is 11.1. The standard InChI is InChI=1S/C16H15FN4O2/c1-22-12-7-11-13(14(17)15(12)23-2)16(20-8-19-11)21-10-5-3-9(18)4-6-10/h3-8H,18H2,1-2H3,(H,19,20,21). The molecule has 1 heterocycles. The SMILES string of the molecule is COc1cc2ncnc(Nc3ccc(N)cc3)c2c(F)c1OC. The molecule has 0 aliphatic carbocycles. The zero-order chi connectivity index (χ0) is 16.4. The van der Waals surface area contributed by atoms with Gasteiger partial charge in [-0.15, -0.1) is 0 Å². The second kappa shape index (κ2) is 5.96. The van der Waals surface area contributed by atoms with Crippen molar-refractivity contribution in [3.05, 3.63) is 42.5 Å². The van der Waals surface area contributed by atoms with Crippen molar-refractivity contribution in [1.29, 1.82) is 0 Å². The summed E-state index contributed by atoms with van der Waals surface area (Å²) >= 11 is 0. The van der Waals surface area contributed by atoms with E-state index < -0.39 is 5.82 Å². The quantitative estimate of drug-likeness (QED) is 0.720. The summed E-state index contributed by atoms with van der Waals surface area (Å²) in [5, 5.41) is 3.28. The molecule has 0 radical (unpaired) electrons. The summed E-state index contributed by atoms with van der Waals surface area (Å²) in [4.78, 5) is 8.22. The predicted molar refractivity (Wildman–Crippen MR) is 86.7 cm³/mol. The Morgan fingerprint density at radius 3 is 2.48 bits per heavy atom. The average Bonchev–Trinajstić information content (AvgIpc) is 2.56. The lowest BCUT2D eigenvalue weighted by molar-refractivity contribution is 0.339. The largest absolute Gasteiger partial charge is 0.493 e.